The Bertz CT molecular complexity index is 149. The van der Waals surface area contributed by atoms with Gasteiger partial charge in [-0.3, -0.25) is 0 Å². The lowest BCUT2D eigenvalue weighted by atomic mass is 10.2. The number of hydrogen-bond acceptors (Lipinski definition) is 0. The SMILES string of the molecule is [CH2]CCC/C=C/C=C/C=C/CC. The minimum Gasteiger partial charge on any atom is -0.0848 e. The van der Waals surface area contributed by atoms with Crippen molar-refractivity contribution in [1.29, 1.82) is 0 Å². The van der Waals surface area contributed by atoms with Gasteiger partial charge in [0.15, 0.2) is 0 Å². The van der Waals surface area contributed by atoms with Crippen molar-refractivity contribution < 1.29 is 0 Å². The summed E-state index contributed by atoms with van der Waals surface area (Å²) in [6, 6.07) is 0. The number of unbranched alkanes of at least 4 members (excludes halogenated alkanes) is 2. The molecule has 0 fully saturated rings. The Morgan fingerprint density at radius 2 is 1.67 bits per heavy atom. The third-order valence-corrected chi connectivity index (χ3v) is 1.46. The second-order valence-corrected chi connectivity index (χ2v) is 2.65. The van der Waals surface area contributed by atoms with Gasteiger partial charge < -0.3 is 0 Å². The van der Waals surface area contributed by atoms with Crippen molar-refractivity contribution in [3.8, 4) is 0 Å². The van der Waals surface area contributed by atoms with Gasteiger partial charge in [-0.05, 0) is 19.3 Å². The summed E-state index contributed by atoms with van der Waals surface area (Å²) in [5.74, 6) is 0. The van der Waals surface area contributed by atoms with Crippen LogP contribution in [0.4, 0.5) is 0 Å². The van der Waals surface area contributed by atoms with Crippen LogP contribution in [0.25, 0.3) is 0 Å². The van der Waals surface area contributed by atoms with Crippen LogP contribution in [0.2, 0.25) is 0 Å². The van der Waals surface area contributed by atoms with E-state index < -0.39 is 0 Å². The average Bonchev–Trinajstić information content (AvgIpc) is 2.10. The second-order valence-electron chi connectivity index (χ2n) is 2.65. The normalized spacial score (nSPS) is 12.5. The van der Waals surface area contributed by atoms with E-state index in [4.69, 9.17) is 0 Å². The fourth-order valence-electron chi connectivity index (χ4n) is 0.780. The maximum absolute atomic E-state index is 3.78. The van der Waals surface area contributed by atoms with Crippen molar-refractivity contribution in [3.05, 3.63) is 43.4 Å². The highest BCUT2D eigenvalue weighted by Gasteiger charge is 1.74. The van der Waals surface area contributed by atoms with Crippen LogP contribution in [0.15, 0.2) is 36.5 Å². The quantitative estimate of drug-likeness (QED) is 0.409. The molecule has 0 atom stereocenters. The molecule has 0 aliphatic rings. The minimum absolute atomic E-state index is 1.03. The minimum atomic E-state index is 1.03. The van der Waals surface area contributed by atoms with Crippen molar-refractivity contribution in [1.82, 2.24) is 0 Å². The zero-order valence-electron chi connectivity index (χ0n) is 8.00. The molecule has 67 valence electrons. The van der Waals surface area contributed by atoms with Crippen LogP contribution < -0.4 is 0 Å². The Balaban J connectivity index is 3.32. The van der Waals surface area contributed by atoms with Gasteiger partial charge in [-0.2, -0.15) is 0 Å². The van der Waals surface area contributed by atoms with Gasteiger partial charge in [0.2, 0.25) is 0 Å². The molecule has 0 heterocycles. The first-order valence-electron chi connectivity index (χ1n) is 4.69. The van der Waals surface area contributed by atoms with Crippen LogP contribution in [0.3, 0.4) is 0 Å². The second kappa shape index (κ2) is 10.2. The molecule has 0 saturated heterocycles. The smallest absolute Gasteiger partial charge is 0.0348 e. The van der Waals surface area contributed by atoms with E-state index in [2.05, 4.69) is 50.3 Å². The lowest BCUT2D eigenvalue weighted by Gasteiger charge is -1.84. The van der Waals surface area contributed by atoms with E-state index in [1.54, 1.807) is 0 Å². The van der Waals surface area contributed by atoms with Gasteiger partial charge in [-0.25, -0.2) is 0 Å². The van der Waals surface area contributed by atoms with Gasteiger partial charge in [0.05, 0.1) is 0 Å². The average molecular weight is 163 g/mol. The van der Waals surface area contributed by atoms with Crippen molar-refractivity contribution in [2.24, 2.45) is 0 Å². The molecule has 0 aromatic carbocycles. The van der Waals surface area contributed by atoms with Gasteiger partial charge in [0.1, 0.15) is 0 Å². The largest absolute Gasteiger partial charge is 0.0848 e. The fourth-order valence-corrected chi connectivity index (χ4v) is 0.780. The molecule has 12 heavy (non-hydrogen) atoms. The van der Waals surface area contributed by atoms with Crippen molar-refractivity contribution in [3.63, 3.8) is 0 Å². The van der Waals surface area contributed by atoms with Crippen LogP contribution in [0.1, 0.15) is 32.6 Å². The molecule has 0 saturated carbocycles. The summed E-state index contributed by atoms with van der Waals surface area (Å²) in [7, 11) is 0. The van der Waals surface area contributed by atoms with E-state index in [0.29, 0.717) is 0 Å². The van der Waals surface area contributed by atoms with Crippen LogP contribution in [0, 0.1) is 6.92 Å². The molecule has 0 aromatic heterocycles. The summed E-state index contributed by atoms with van der Waals surface area (Å²) in [5.41, 5.74) is 0. The lowest BCUT2D eigenvalue weighted by molar-refractivity contribution is 0.866. The standard InChI is InChI=1S/C12H19/c1-3-5-7-9-11-12-10-8-6-4-2/h6,8-12H,1,3-5,7H2,2H3/b8-6+,11-9+,12-10+. The molecular formula is C12H19. The van der Waals surface area contributed by atoms with Crippen molar-refractivity contribution in [2.75, 3.05) is 0 Å². The third-order valence-electron chi connectivity index (χ3n) is 1.46. The Labute approximate surface area is 76.7 Å². The first-order chi connectivity index (χ1) is 5.91. The van der Waals surface area contributed by atoms with Crippen LogP contribution in [-0.2, 0) is 0 Å². The van der Waals surface area contributed by atoms with E-state index in [-0.39, 0.29) is 0 Å². The van der Waals surface area contributed by atoms with E-state index >= 15 is 0 Å². The molecule has 0 aliphatic carbocycles. The topological polar surface area (TPSA) is 0 Å². The maximum Gasteiger partial charge on any atom is -0.0348 e. The molecule has 0 heteroatoms. The molecule has 1 radical (unpaired) electrons. The van der Waals surface area contributed by atoms with Crippen LogP contribution >= 0.6 is 0 Å². The summed E-state index contributed by atoms with van der Waals surface area (Å²) < 4.78 is 0. The Kier molecular flexibility index (Phi) is 9.56. The van der Waals surface area contributed by atoms with E-state index in [1.807, 2.05) is 0 Å². The molecular weight excluding hydrogens is 144 g/mol. The molecule has 0 spiro atoms. The summed E-state index contributed by atoms with van der Waals surface area (Å²) >= 11 is 0. The molecule has 0 aliphatic heterocycles. The fraction of sp³-hybridized carbons (Fsp3) is 0.417. The van der Waals surface area contributed by atoms with Gasteiger partial charge >= 0.3 is 0 Å². The molecule has 0 rings (SSSR count). The Hall–Kier alpha value is -0.780. The first kappa shape index (κ1) is 11.2. The molecule has 0 amide bonds. The molecule has 0 aromatic rings. The zero-order chi connectivity index (χ0) is 9.07. The highest BCUT2D eigenvalue weighted by Crippen LogP contribution is 1.94. The Morgan fingerprint density at radius 3 is 2.25 bits per heavy atom. The lowest BCUT2D eigenvalue weighted by Crippen LogP contribution is -1.65. The Morgan fingerprint density at radius 1 is 1.00 bits per heavy atom. The highest BCUT2D eigenvalue weighted by atomic mass is 13.8. The van der Waals surface area contributed by atoms with Crippen molar-refractivity contribution in [2.45, 2.75) is 32.6 Å². The zero-order valence-corrected chi connectivity index (χ0v) is 8.00. The molecule has 0 bridgehead atoms. The van der Waals surface area contributed by atoms with Gasteiger partial charge in [0.25, 0.3) is 0 Å². The van der Waals surface area contributed by atoms with Gasteiger partial charge in [-0.15, -0.1) is 0 Å². The number of allylic oxidation sites excluding steroid dienone is 6. The maximum atomic E-state index is 3.78. The summed E-state index contributed by atoms with van der Waals surface area (Å²) in [6.45, 7) is 5.91. The van der Waals surface area contributed by atoms with E-state index in [9.17, 15) is 0 Å². The summed E-state index contributed by atoms with van der Waals surface area (Å²) in [6.07, 6.45) is 17.1. The summed E-state index contributed by atoms with van der Waals surface area (Å²) in [5, 5.41) is 0. The first-order valence-corrected chi connectivity index (χ1v) is 4.69. The van der Waals surface area contributed by atoms with Crippen molar-refractivity contribution >= 4 is 0 Å². The molecule has 0 N–H and O–H groups in total. The number of hydrogen-bond donors (Lipinski definition) is 0. The van der Waals surface area contributed by atoms with E-state index in [0.717, 1.165) is 19.3 Å². The van der Waals surface area contributed by atoms with Gasteiger partial charge in [-0.1, -0.05) is 56.7 Å². The third kappa shape index (κ3) is 9.22. The number of rotatable bonds is 6. The van der Waals surface area contributed by atoms with Crippen LogP contribution in [-0.4, -0.2) is 0 Å². The predicted molar refractivity (Wildman–Crippen MR) is 56.9 cm³/mol. The monoisotopic (exact) mass is 163 g/mol. The van der Waals surface area contributed by atoms with E-state index in [1.165, 1.54) is 6.42 Å². The van der Waals surface area contributed by atoms with Crippen LogP contribution in [0.5, 0.6) is 0 Å². The molecule has 0 unspecified atom stereocenters. The predicted octanol–water partition coefficient (Wildman–Crippen LogP) is 4.07. The molecule has 0 nitrogen and oxygen atoms in total. The van der Waals surface area contributed by atoms with Gasteiger partial charge in [0, 0.05) is 0 Å². The highest BCUT2D eigenvalue weighted by molar-refractivity contribution is 5.10. The summed E-state index contributed by atoms with van der Waals surface area (Å²) in [4.78, 5) is 0.